The summed E-state index contributed by atoms with van der Waals surface area (Å²) in [5, 5.41) is 20.2. The second-order valence-electron chi connectivity index (χ2n) is 7.31. The van der Waals surface area contributed by atoms with Crippen LogP contribution < -0.4 is 0 Å². The lowest BCUT2D eigenvalue weighted by molar-refractivity contribution is -0.132. The zero-order chi connectivity index (χ0) is 19.4. The molecule has 148 valence electrons. The first-order valence-electron chi connectivity index (χ1n) is 9.56. The zero-order valence-electron chi connectivity index (χ0n) is 16.7. The van der Waals surface area contributed by atoms with Gasteiger partial charge in [0.2, 0.25) is 5.91 Å². The minimum atomic E-state index is 0.161. The average Bonchev–Trinajstić information content (AvgIpc) is 3.25. The van der Waals surface area contributed by atoms with Crippen LogP contribution >= 0.6 is 0 Å². The summed E-state index contributed by atoms with van der Waals surface area (Å²) in [6.07, 6.45) is 2.28. The maximum absolute atomic E-state index is 12.5. The SMILES string of the molecule is CCn1c(CN(C)C)nnc1C1CCN(C(=O)CCn2nnnc2C)CC1. The largest absolute Gasteiger partial charge is 0.343 e. The summed E-state index contributed by atoms with van der Waals surface area (Å²) in [6.45, 7) is 7.67. The van der Waals surface area contributed by atoms with E-state index in [0.717, 1.165) is 56.5 Å². The van der Waals surface area contributed by atoms with Crippen LogP contribution in [0.2, 0.25) is 0 Å². The Labute approximate surface area is 159 Å². The van der Waals surface area contributed by atoms with Crippen LogP contribution in [0.1, 0.15) is 49.6 Å². The molecule has 0 aliphatic carbocycles. The molecule has 1 amide bonds. The highest BCUT2D eigenvalue weighted by Crippen LogP contribution is 2.27. The van der Waals surface area contributed by atoms with Crippen molar-refractivity contribution in [1.82, 2.24) is 44.8 Å². The van der Waals surface area contributed by atoms with Gasteiger partial charge in [-0.3, -0.25) is 4.79 Å². The van der Waals surface area contributed by atoms with Gasteiger partial charge in [-0.2, -0.15) is 0 Å². The molecule has 10 nitrogen and oxygen atoms in total. The lowest BCUT2D eigenvalue weighted by Crippen LogP contribution is -2.38. The first-order valence-corrected chi connectivity index (χ1v) is 9.56. The summed E-state index contributed by atoms with van der Waals surface area (Å²) in [5.41, 5.74) is 0. The molecule has 2 aromatic heterocycles. The number of tetrazole rings is 1. The molecule has 0 N–H and O–H groups in total. The standard InChI is InChI=1S/C17H29N9O/c1-5-25-15(12-23(3)4)19-20-17(25)14-6-9-24(10-7-14)16(27)8-11-26-13(2)18-21-22-26/h14H,5-12H2,1-4H3. The van der Waals surface area contributed by atoms with Gasteiger partial charge < -0.3 is 14.4 Å². The van der Waals surface area contributed by atoms with Crippen LogP contribution in [0.25, 0.3) is 0 Å². The van der Waals surface area contributed by atoms with E-state index in [4.69, 9.17) is 0 Å². The van der Waals surface area contributed by atoms with Crippen molar-refractivity contribution in [3.8, 4) is 0 Å². The summed E-state index contributed by atoms with van der Waals surface area (Å²) < 4.78 is 3.89. The predicted octanol–water partition coefficient (Wildman–Crippen LogP) is 0.451. The third-order valence-electron chi connectivity index (χ3n) is 5.09. The van der Waals surface area contributed by atoms with Crippen molar-refractivity contribution in [1.29, 1.82) is 0 Å². The summed E-state index contributed by atoms with van der Waals surface area (Å²) in [7, 11) is 4.07. The topological polar surface area (TPSA) is 97.9 Å². The second-order valence-corrected chi connectivity index (χ2v) is 7.31. The van der Waals surface area contributed by atoms with E-state index in [1.165, 1.54) is 0 Å². The molecule has 1 fully saturated rings. The van der Waals surface area contributed by atoms with Crippen LogP contribution in [0.4, 0.5) is 0 Å². The molecule has 27 heavy (non-hydrogen) atoms. The molecule has 10 heteroatoms. The van der Waals surface area contributed by atoms with E-state index < -0.39 is 0 Å². The Morgan fingerprint density at radius 2 is 1.93 bits per heavy atom. The van der Waals surface area contributed by atoms with Gasteiger partial charge in [0.05, 0.1) is 13.1 Å². The Kier molecular flexibility index (Phi) is 6.15. The molecular weight excluding hydrogens is 346 g/mol. The van der Waals surface area contributed by atoms with E-state index >= 15 is 0 Å². The monoisotopic (exact) mass is 375 g/mol. The van der Waals surface area contributed by atoms with E-state index in [2.05, 4.69) is 42.1 Å². The van der Waals surface area contributed by atoms with Crippen LogP contribution in [-0.2, 0) is 24.4 Å². The molecule has 0 saturated carbocycles. The van der Waals surface area contributed by atoms with Crippen LogP contribution in [0.3, 0.4) is 0 Å². The maximum Gasteiger partial charge on any atom is 0.224 e. The number of hydrogen-bond donors (Lipinski definition) is 0. The molecule has 2 aromatic rings. The smallest absolute Gasteiger partial charge is 0.224 e. The molecule has 0 spiro atoms. The Balaban J connectivity index is 1.55. The minimum absolute atomic E-state index is 0.161. The van der Waals surface area contributed by atoms with Crippen molar-refractivity contribution in [2.75, 3.05) is 27.2 Å². The van der Waals surface area contributed by atoms with Crippen molar-refractivity contribution < 1.29 is 4.79 Å². The third kappa shape index (κ3) is 4.49. The average molecular weight is 375 g/mol. The Morgan fingerprint density at radius 1 is 1.19 bits per heavy atom. The molecule has 0 bridgehead atoms. The van der Waals surface area contributed by atoms with Gasteiger partial charge in [-0.25, -0.2) is 4.68 Å². The highest BCUT2D eigenvalue weighted by atomic mass is 16.2. The van der Waals surface area contributed by atoms with E-state index in [1.807, 2.05) is 25.9 Å². The number of rotatable bonds is 7. The third-order valence-corrected chi connectivity index (χ3v) is 5.09. The van der Waals surface area contributed by atoms with Crippen molar-refractivity contribution in [2.45, 2.75) is 58.7 Å². The van der Waals surface area contributed by atoms with Gasteiger partial charge in [-0.1, -0.05) is 0 Å². The molecule has 0 radical (unpaired) electrons. The fourth-order valence-electron chi connectivity index (χ4n) is 3.60. The fourth-order valence-corrected chi connectivity index (χ4v) is 3.60. The number of piperidine rings is 1. The highest BCUT2D eigenvalue weighted by Gasteiger charge is 2.27. The minimum Gasteiger partial charge on any atom is -0.343 e. The van der Waals surface area contributed by atoms with Crippen molar-refractivity contribution >= 4 is 5.91 Å². The molecule has 3 heterocycles. The summed E-state index contributed by atoms with van der Waals surface area (Å²) in [5.74, 6) is 3.32. The number of hydrogen-bond acceptors (Lipinski definition) is 7. The molecule has 1 aliphatic rings. The van der Waals surface area contributed by atoms with Crippen LogP contribution in [0, 0.1) is 6.92 Å². The van der Waals surface area contributed by atoms with Gasteiger partial charge in [0.15, 0.2) is 0 Å². The van der Waals surface area contributed by atoms with E-state index in [1.54, 1.807) is 4.68 Å². The lowest BCUT2D eigenvalue weighted by Gasteiger charge is -2.31. The molecule has 0 atom stereocenters. The number of nitrogens with zero attached hydrogens (tertiary/aromatic N) is 9. The van der Waals surface area contributed by atoms with Crippen LogP contribution in [0.15, 0.2) is 0 Å². The summed E-state index contributed by atoms with van der Waals surface area (Å²) in [4.78, 5) is 16.6. The van der Waals surface area contributed by atoms with Crippen molar-refractivity contribution in [3.63, 3.8) is 0 Å². The van der Waals surface area contributed by atoms with Gasteiger partial charge in [0.25, 0.3) is 0 Å². The number of aromatic nitrogens is 7. The second kappa shape index (κ2) is 8.55. The van der Waals surface area contributed by atoms with E-state index in [0.29, 0.717) is 18.9 Å². The maximum atomic E-state index is 12.5. The van der Waals surface area contributed by atoms with E-state index in [-0.39, 0.29) is 5.91 Å². The van der Waals surface area contributed by atoms with Gasteiger partial charge in [0.1, 0.15) is 17.5 Å². The normalized spacial score (nSPS) is 15.7. The molecule has 1 saturated heterocycles. The molecule has 3 rings (SSSR count). The molecule has 1 aliphatic heterocycles. The quantitative estimate of drug-likeness (QED) is 0.693. The Morgan fingerprint density at radius 3 is 2.52 bits per heavy atom. The van der Waals surface area contributed by atoms with Crippen LogP contribution in [-0.4, -0.2) is 77.9 Å². The number of carbonyl (C=O) groups is 1. The molecule has 0 unspecified atom stereocenters. The van der Waals surface area contributed by atoms with Crippen molar-refractivity contribution in [2.24, 2.45) is 0 Å². The number of carbonyl (C=O) groups excluding carboxylic acids is 1. The van der Waals surface area contributed by atoms with Gasteiger partial charge >= 0.3 is 0 Å². The molecule has 0 aromatic carbocycles. The number of amides is 1. The Bertz CT molecular complexity index is 758. The van der Waals surface area contributed by atoms with Gasteiger partial charge in [-0.05, 0) is 51.2 Å². The summed E-state index contributed by atoms with van der Waals surface area (Å²) >= 11 is 0. The first-order chi connectivity index (χ1) is 13.0. The first kappa shape index (κ1) is 19.4. The van der Waals surface area contributed by atoms with Crippen LogP contribution in [0.5, 0.6) is 0 Å². The number of aryl methyl sites for hydroxylation is 2. The highest BCUT2D eigenvalue weighted by molar-refractivity contribution is 5.76. The fraction of sp³-hybridized carbons (Fsp3) is 0.765. The van der Waals surface area contributed by atoms with Gasteiger partial charge in [0, 0.05) is 32.0 Å². The summed E-state index contributed by atoms with van der Waals surface area (Å²) in [6, 6.07) is 0. The van der Waals surface area contributed by atoms with Crippen molar-refractivity contribution in [3.05, 3.63) is 17.5 Å². The molecular formula is C17H29N9O. The number of likely N-dealkylation sites (tertiary alicyclic amines) is 1. The van der Waals surface area contributed by atoms with Gasteiger partial charge in [-0.15, -0.1) is 15.3 Å². The predicted molar refractivity (Wildman–Crippen MR) is 98.8 cm³/mol. The Hall–Kier alpha value is -2.36. The van der Waals surface area contributed by atoms with E-state index in [9.17, 15) is 4.79 Å². The lowest BCUT2D eigenvalue weighted by atomic mass is 9.95. The zero-order valence-corrected chi connectivity index (χ0v) is 16.7.